The minimum atomic E-state index is -0.213. The van der Waals surface area contributed by atoms with Crippen molar-refractivity contribution in [2.75, 3.05) is 0 Å². The SMILES string of the molecule is CC(C)(C)/C(=C/n1cncn1)Oc1ccc(Cl)cc1Cl. The number of hydrogen-bond donors (Lipinski definition) is 0. The number of nitrogens with zero attached hydrogens (tertiary/aromatic N) is 3. The smallest absolute Gasteiger partial charge is 0.145 e. The lowest BCUT2D eigenvalue weighted by Crippen LogP contribution is -2.16. The van der Waals surface area contributed by atoms with E-state index in [1.54, 1.807) is 35.4 Å². The van der Waals surface area contributed by atoms with E-state index in [0.717, 1.165) is 0 Å². The quantitative estimate of drug-likeness (QED) is 0.783. The summed E-state index contributed by atoms with van der Waals surface area (Å²) < 4.78 is 7.51. The second kappa shape index (κ2) is 5.85. The van der Waals surface area contributed by atoms with Crippen LogP contribution in [0.25, 0.3) is 6.20 Å². The Morgan fingerprint density at radius 3 is 2.60 bits per heavy atom. The molecule has 0 N–H and O–H groups in total. The zero-order valence-electron chi connectivity index (χ0n) is 11.5. The molecule has 6 heteroatoms. The summed E-state index contributed by atoms with van der Waals surface area (Å²) in [6, 6.07) is 5.12. The van der Waals surface area contributed by atoms with Gasteiger partial charge in [0.05, 0.1) is 11.2 Å². The van der Waals surface area contributed by atoms with Crippen molar-refractivity contribution >= 4 is 29.4 Å². The van der Waals surface area contributed by atoms with Crippen molar-refractivity contribution in [1.82, 2.24) is 14.8 Å². The van der Waals surface area contributed by atoms with Crippen LogP contribution < -0.4 is 4.74 Å². The minimum absolute atomic E-state index is 0.213. The molecular formula is C14H15Cl2N3O. The number of benzene rings is 1. The summed E-state index contributed by atoms with van der Waals surface area (Å²) in [7, 11) is 0. The van der Waals surface area contributed by atoms with Gasteiger partial charge in [-0.25, -0.2) is 9.67 Å². The van der Waals surface area contributed by atoms with E-state index in [4.69, 9.17) is 27.9 Å². The summed E-state index contributed by atoms with van der Waals surface area (Å²) in [5.74, 6) is 1.27. The second-order valence-electron chi connectivity index (χ2n) is 5.30. The van der Waals surface area contributed by atoms with E-state index in [1.165, 1.54) is 6.33 Å². The van der Waals surface area contributed by atoms with Crippen molar-refractivity contribution in [2.45, 2.75) is 20.8 Å². The van der Waals surface area contributed by atoms with Gasteiger partial charge in [0.1, 0.15) is 24.2 Å². The van der Waals surface area contributed by atoms with E-state index < -0.39 is 0 Å². The highest BCUT2D eigenvalue weighted by molar-refractivity contribution is 6.35. The van der Waals surface area contributed by atoms with Gasteiger partial charge in [0.2, 0.25) is 0 Å². The molecule has 0 saturated heterocycles. The largest absolute Gasteiger partial charge is 0.458 e. The maximum absolute atomic E-state index is 6.13. The number of hydrogen-bond acceptors (Lipinski definition) is 3. The minimum Gasteiger partial charge on any atom is -0.458 e. The Bertz CT molecular complexity index is 616. The molecule has 0 unspecified atom stereocenters. The third-order valence-corrected chi connectivity index (χ3v) is 3.07. The van der Waals surface area contributed by atoms with Gasteiger partial charge >= 0.3 is 0 Å². The number of aromatic nitrogens is 3. The fraction of sp³-hybridized carbons (Fsp3) is 0.286. The Hall–Kier alpha value is -1.52. The lowest BCUT2D eigenvalue weighted by Gasteiger charge is -2.23. The molecular weight excluding hydrogens is 297 g/mol. The standard InChI is InChI=1S/C14H15Cl2N3O/c1-14(2,3)13(7-19-9-17-8-18-19)20-12-5-4-10(15)6-11(12)16/h4-9H,1-3H3/b13-7-. The molecule has 0 aliphatic heterocycles. The number of rotatable bonds is 3. The van der Waals surface area contributed by atoms with Gasteiger partial charge in [-0.2, -0.15) is 5.10 Å². The van der Waals surface area contributed by atoms with Crippen LogP contribution in [0.15, 0.2) is 36.6 Å². The van der Waals surface area contributed by atoms with Crippen molar-refractivity contribution in [2.24, 2.45) is 5.41 Å². The van der Waals surface area contributed by atoms with Crippen molar-refractivity contribution in [3.05, 3.63) is 46.7 Å². The van der Waals surface area contributed by atoms with E-state index in [2.05, 4.69) is 10.1 Å². The highest BCUT2D eigenvalue weighted by atomic mass is 35.5. The van der Waals surface area contributed by atoms with E-state index in [0.29, 0.717) is 21.6 Å². The zero-order valence-corrected chi connectivity index (χ0v) is 13.0. The van der Waals surface area contributed by atoms with E-state index in [1.807, 2.05) is 20.8 Å². The van der Waals surface area contributed by atoms with Crippen molar-refractivity contribution in [3.8, 4) is 5.75 Å². The van der Waals surface area contributed by atoms with Crippen LogP contribution in [-0.4, -0.2) is 14.8 Å². The fourth-order valence-electron chi connectivity index (χ4n) is 1.45. The predicted octanol–water partition coefficient (Wildman–Crippen LogP) is 4.51. The molecule has 0 fully saturated rings. The predicted molar refractivity (Wildman–Crippen MR) is 80.8 cm³/mol. The van der Waals surface area contributed by atoms with E-state index in [-0.39, 0.29) is 5.41 Å². The molecule has 1 aromatic heterocycles. The molecule has 0 atom stereocenters. The van der Waals surface area contributed by atoms with Gasteiger partial charge in [-0.3, -0.25) is 0 Å². The molecule has 0 amide bonds. The molecule has 0 radical (unpaired) electrons. The maximum Gasteiger partial charge on any atom is 0.145 e. The third kappa shape index (κ3) is 3.74. The summed E-state index contributed by atoms with van der Waals surface area (Å²) in [6.45, 7) is 6.12. The first-order valence-electron chi connectivity index (χ1n) is 6.05. The van der Waals surface area contributed by atoms with Gasteiger partial charge in [-0.15, -0.1) is 0 Å². The molecule has 2 rings (SSSR count). The Balaban J connectivity index is 2.34. The summed E-state index contributed by atoms with van der Waals surface area (Å²) in [4.78, 5) is 3.90. The van der Waals surface area contributed by atoms with Gasteiger partial charge in [0.15, 0.2) is 0 Å². The van der Waals surface area contributed by atoms with E-state index >= 15 is 0 Å². The topological polar surface area (TPSA) is 39.9 Å². The summed E-state index contributed by atoms with van der Waals surface area (Å²) in [5.41, 5.74) is -0.213. The second-order valence-corrected chi connectivity index (χ2v) is 6.14. The first-order valence-corrected chi connectivity index (χ1v) is 6.81. The van der Waals surface area contributed by atoms with Crippen LogP contribution in [0.5, 0.6) is 5.75 Å². The van der Waals surface area contributed by atoms with Crippen LogP contribution in [0.4, 0.5) is 0 Å². The summed E-state index contributed by atoms with van der Waals surface area (Å²) in [5, 5.41) is 5.08. The number of ether oxygens (including phenoxy) is 1. The third-order valence-electron chi connectivity index (χ3n) is 2.54. The molecule has 0 bridgehead atoms. The first kappa shape index (κ1) is 14.9. The Morgan fingerprint density at radius 1 is 1.30 bits per heavy atom. The lowest BCUT2D eigenvalue weighted by atomic mass is 9.94. The van der Waals surface area contributed by atoms with Gasteiger partial charge in [-0.05, 0) is 18.2 Å². The molecule has 1 aromatic carbocycles. The van der Waals surface area contributed by atoms with E-state index in [9.17, 15) is 0 Å². The van der Waals surface area contributed by atoms with Crippen LogP contribution in [0.3, 0.4) is 0 Å². The monoisotopic (exact) mass is 311 g/mol. The summed E-state index contributed by atoms with van der Waals surface area (Å²) in [6.07, 6.45) is 4.84. The number of halogens is 2. The van der Waals surface area contributed by atoms with Crippen molar-refractivity contribution < 1.29 is 4.74 Å². The highest BCUT2D eigenvalue weighted by Gasteiger charge is 2.21. The van der Waals surface area contributed by atoms with Crippen LogP contribution >= 0.6 is 23.2 Å². The molecule has 0 aliphatic rings. The van der Waals surface area contributed by atoms with Crippen LogP contribution in [0, 0.1) is 5.41 Å². The van der Waals surface area contributed by atoms with Gasteiger partial charge < -0.3 is 4.74 Å². The average molecular weight is 312 g/mol. The summed E-state index contributed by atoms with van der Waals surface area (Å²) >= 11 is 12.0. The molecule has 4 nitrogen and oxygen atoms in total. The fourth-order valence-corrected chi connectivity index (χ4v) is 1.90. The Morgan fingerprint density at radius 2 is 2.05 bits per heavy atom. The first-order chi connectivity index (χ1) is 9.36. The zero-order chi connectivity index (χ0) is 14.8. The normalized spacial score (nSPS) is 12.6. The molecule has 0 spiro atoms. The molecule has 106 valence electrons. The molecule has 1 heterocycles. The molecule has 2 aromatic rings. The van der Waals surface area contributed by atoms with Gasteiger partial charge in [0.25, 0.3) is 0 Å². The van der Waals surface area contributed by atoms with Crippen molar-refractivity contribution in [1.29, 1.82) is 0 Å². The highest BCUT2D eigenvalue weighted by Crippen LogP contribution is 2.34. The Kier molecular flexibility index (Phi) is 4.35. The Labute approximate surface area is 128 Å². The average Bonchev–Trinajstić information content (AvgIpc) is 2.83. The van der Waals surface area contributed by atoms with Crippen molar-refractivity contribution in [3.63, 3.8) is 0 Å². The lowest BCUT2D eigenvalue weighted by molar-refractivity contribution is 0.296. The van der Waals surface area contributed by atoms with Crippen LogP contribution in [0.2, 0.25) is 10.0 Å². The molecule has 0 aliphatic carbocycles. The molecule has 0 saturated carbocycles. The van der Waals surface area contributed by atoms with Crippen LogP contribution in [0.1, 0.15) is 20.8 Å². The van der Waals surface area contributed by atoms with Gasteiger partial charge in [-0.1, -0.05) is 44.0 Å². The van der Waals surface area contributed by atoms with Gasteiger partial charge in [0, 0.05) is 10.4 Å². The maximum atomic E-state index is 6.13. The number of allylic oxidation sites excluding steroid dienone is 1. The van der Waals surface area contributed by atoms with Crippen LogP contribution in [-0.2, 0) is 0 Å². The molecule has 20 heavy (non-hydrogen) atoms.